The van der Waals surface area contributed by atoms with Crippen LogP contribution < -0.4 is 5.32 Å². The maximum absolute atomic E-state index is 12.8. The van der Waals surface area contributed by atoms with Crippen molar-refractivity contribution in [2.45, 2.75) is 33.1 Å². The Bertz CT molecular complexity index is 1060. The minimum atomic E-state index is -0.187. The quantitative estimate of drug-likeness (QED) is 0.690. The number of carbonyl (C=O) groups excluding carboxylic acids is 1. The SMILES string of the molecule is Cc1ccc(C(=O)Nc2cc(C(C)(C)C)nn2C)cc1C#Cc1cccnc1. The zero-order chi connectivity index (χ0) is 20.3. The minimum Gasteiger partial charge on any atom is -0.307 e. The monoisotopic (exact) mass is 372 g/mol. The van der Waals surface area contributed by atoms with Gasteiger partial charge < -0.3 is 5.32 Å². The predicted octanol–water partition coefficient (Wildman–Crippen LogP) is 4.07. The van der Waals surface area contributed by atoms with E-state index in [1.54, 1.807) is 23.1 Å². The number of benzene rings is 1. The summed E-state index contributed by atoms with van der Waals surface area (Å²) in [5, 5.41) is 7.44. The molecule has 2 aromatic heterocycles. The highest BCUT2D eigenvalue weighted by atomic mass is 16.1. The molecule has 0 saturated heterocycles. The van der Waals surface area contributed by atoms with Crippen molar-refractivity contribution in [2.24, 2.45) is 7.05 Å². The van der Waals surface area contributed by atoms with Gasteiger partial charge in [-0.1, -0.05) is 38.7 Å². The van der Waals surface area contributed by atoms with Crippen molar-refractivity contribution in [3.63, 3.8) is 0 Å². The minimum absolute atomic E-state index is 0.0837. The number of hydrogen-bond acceptors (Lipinski definition) is 3. The van der Waals surface area contributed by atoms with E-state index in [0.717, 1.165) is 22.4 Å². The van der Waals surface area contributed by atoms with Gasteiger partial charge in [0.1, 0.15) is 5.82 Å². The van der Waals surface area contributed by atoms with Crippen LogP contribution in [0.1, 0.15) is 53.5 Å². The van der Waals surface area contributed by atoms with Gasteiger partial charge in [-0.3, -0.25) is 14.5 Å². The van der Waals surface area contributed by atoms with Crippen LogP contribution in [0, 0.1) is 18.8 Å². The molecule has 142 valence electrons. The molecule has 0 aliphatic carbocycles. The van der Waals surface area contributed by atoms with E-state index >= 15 is 0 Å². The van der Waals surface area contributed by atoms with Crippen LogP contribution in [0.5, 0.6) is 0 Å². The molecular weight excluding hydrogens is 348 g/mol. The van der Waals surface area contributed by atoms with Crippen molar-refractivity contribution < 1.29 is 4.79 Å². The summed E-state index contributed by atoms with van der Waals surface area (Å²) >= 11 is 0. The smallest absolute Gasteiger partial charge is 0.256 e. The normalized spacial score (nSPS) is 10.9. The number of nitrogens with zero attached hydrogens (tertiary/aromatic N) is 3. The summed E-state index contributed by atoms with van der Waals surface area (Å²) in [6.45, 7) is 8.25. The van der Waals surface area contributed by atoms with Crippen LogP contribution in [0.3, 0.4) is 0 Å². The topological polar surface area (TPSA) is 59.8 Å². The molecule has 0 spiro atoms. The molecular formula is C23H24N4O. The van der Waals surface area contributed by atoms with Crippen LogP contribution in [0.25, 0.3) is 0 Å². The predicted molar refractivity (Wildman–Crippen MR) is 111 cm³/mol. The average Bonchev–Trinajstić information content (AvgIpc) is 3.03. The Hall–Kier alpha value is -3.39. The van der Waals surface area contributed by atoms with Gasteiger partial charge in [0.25, 0.3) is 5.91 Å². The lowest BCUT2D eigenvalue weighted by molar-refractivity contribution is 0.102. The second-order valence-electron chi connectivity index (χ2n) is 7.76. The summed E-state index contributed by atoms with van der Waals surface area (Å²) in [5.74, 6) is 6.70. The van der Waals surface area contributed by atoms with E-state index < -0.39 is 0 Å². The van der Waals surface area contributed by atoms with E-state index in [1.165, 1.54) is 0 Å². The first-order chi connectivity index (χ1) is 13.2. The van der Waals surface area contributed by atoms with E-state index in [2.05, 4.69) is 48.0 Å². The average molecular weight is 372 g/mol. The van der Waals surface area contributed by atoms with Gasteiger partial charge in [-0.05, 0) is 36.8 Å². The second-order valence-corrected chi connectivity index (χ2v) is 7.76. The molecule has 3 rings (SSSR count). The number of rotatable bonds is 2. The number of aromatic nitrogens is 3. The largest absolute Gasteiger partial charge is 0.307 e. The molecule has 3 aromatic rings. The first-order valence-corrected chi connectivity index (χ1v) is 9.12. The van der Waals surface area contributed by atoms with Crippen LogP contribution in [-0.4, -0.2) is 20.7 Å². The molecule has 1 amide bonds. The Labute approximate surface area is 165 Å². The molecule has 0 bridgehead atoms. The molecule has 0 saturated carbocycles. The van der Waals surface area contributed by atoms with Gasteiger partial charge in [0.15, 0.2) is 0 Å². The van der Waals surface area contributed by atoms with E-state index in [0.29, 0.717) is 11.4 Å². The fourth-order valence-corrected chi connectivity index (χ4v) is 2.61. The van der Waals surface area contributed by atoms with E-state index in [4.69, 9.17) is 0 Å². The third-order valence-electron chi connectivity index (χ3n) is 4.39. The standard InChI is InChI=1S/C23H24N4O/c1-16-8-10-19(13-18(16)11-9-17-7-6-12-24-15-17)22(28)25-21-14-20(23(2,3)4)26-27(21)5/h6-8,10,12-15H,1-5H3,(H,25,28). The summed E-state index contributed by atoms with van der Waals surface area (Å²) in [4.78, 5) is 16.8. The maximum Gasteiger partial charge on any atom is 0.256 e. The Morgan fingerprint density at radius 1 is 1.14 bits per heavy atom. The highest BCUT2D eigenvalue weighted by Gasteiger charge is 2.20. The summed E-state index contributed by atoms with van der Waals surface area (Å²) in [6.07, 6.45) is 3.43. The highest BCUT2D eigenvalue weighted by Crippen LogP contribution is 2.23. The lowest BCUT2D eigenvalue weighted by Crippen LogP contribution is -2.14. The number of amides is 1. The van der Waals surface area contributed by atoms with Crippen molar-refractivity contribution in [3.8, 4) is 11.8 Å². The molecule has 2 heterocycles. The van der Waals surface area contributed by atoms with Crippen molar-refractivity contribution in [2.75, 3.05) is 5.32 Å². The van der Waals surface area contributed by atoms with Crippen LogP contribution in [-0.2, 0) is 12.5 Å². The summed E-state index contributed by atoms with van der Waals surface area (Å²) in [7, 11) is 1.82. The first-order valence-electron chi connectivity index (χ1n) is 9.12. The molecule has 0 fully saturated rings. The summed E-state index contributed by atoms with van der Waals surface area (Å²) in [5.41, 5.74) is 4.07. The molecule has 28 heavy (non-hydrogen) atoms. The Balaban J connectivity index is 1.84. The van der Waals surface area contributed by atoms with Gasteiger partial charge in [0.2, 0.25) is 0 Å². The van der Waals surface area contributed by atoms with Gasteiger partial charge in [-0.25, -0.2) is 0 Å². The molecule has 0 radical (unpaired) electrons. The van der Waals surface area contributed by atoms with Gasteiger partial charge in [0, 0.05) is 47.6 Å². The number of anilines is 1. The number of hydrogen-bond donors (Lipinski definition) is 1. The zero-order valence-electron chi connectivity index (χ0n) is 16.9. The van der Waals surface area contributed by atoms with Crippen molar-refractivity contribution in [1.82, 2.24) is 14.8 Å². The third kappa shape index (κ3) is 4.47. The summed E-state index contributed by atoms with van der Waals surface area (Å²) < 4.78 is 1.69. The van der Waals surface area contributed by atoms with Gasteiger partial charge in [0.05, 0.1) is 5.69 Å². The van der Waals surface area contributed by atoms with E-state index in [9.17, 15) is 4.79 Å². The molecule has 5 nitrogen and oxygen atoms in total. The number of pyridine rings is 1. The number of aryl methyl sites for hydroxylation is 2. The van der Waals surface area contributed by atoms with E-state index in [-0.39, 0.29) is 11.3 Å². The molecule has 5 heteroatoms. The Kier molecular flexibility index (Phi) is 5.32. The number of nitrogens with one attached hydrogen (secondary N) is 1. The van der Waals surface area contributed by atoms with Crippen LogP contribution in [0.4, 0.5) is 5.82 Å². The van der Waals surface area contributed by atoms with E-state index in [1.807, 2.05) is 44.3 Å². The summed E-state index contributed by atoms with van der Waals surface area (Å²) in [6, 6.07) is 11.2. The van der Waals surface area contributed by atoms with Crippen LogP contribution >= 0.6 is 0 Å². The van der Waals surface area contributed by atoms with Crippen LogP contribution in [0.2, 0.25) is 0 Å². The molecule has 0 atom stereocenters. The fraction of sp³-hybridized carbons (Fsp3) is 0.261. The molecule has 0 aliphatic rings. The van der Waals surface area contributed by atoms with Crippen molar-refractivity contribution in [1.29, 1.82) is 0 Å². The van der Waals surface area contributed by atoms with Crippen LogP contribution in [0.15, 0.2) is 48.8 Å². The lowest BCUT2D eigenvalue weighted by Gasteiger charge is -2.13. The van der Waals surface area contributed by atoms with Crippen molar-refractivity contribution in [3.05, 3.63) is 76.7 Å². The second kappa shape index (κ2) is 7.69. The molecule has 1 aromatic carbocycles. The van der Waals surface area contributed by atoms with Gasteiger partial charge >= 0.3 is 0 Å². The molecule has 0 aliphatic heterocycles. The molecule has 1 N–H and O–H groups in total. The van der Waals surface area contributed by atoms with Crippen molar-refractivity contribution >= 4 is 11.7 Å². The lowest BCUT2D eigenvalue weighted by atomic mass is 9.92. The first kappa shape index (κ1) is 19.4. The zero-order valence-corrected chi connectivity index (χ0v) is 16.9. The number of carbonyl (C=O) groups is 1. The third-order valence-corrected chi connectivity index (χ3v) is 4.39. The highest BCUT2D eigenvalue weighted by molar-refractivity contribution is 6.04. The van der Waals surface area contributed by atoms with Gasteiger partial charge in [-0.15, -0.1) is 0 Å². The fourth-order valence-electron chi connectivity index (χ4n) is 2.61. The Morgan fingerprint density at radius 2 is 1.93 bits per heavy atom. The Morgan fingerprint density at radius 3 is 2.57 bits per heavy atom. The molecule has 0 unspecified atom stereocenters. The van der Waals surface area contributed by atoms with Gasteiger partial charge in [-0.2, -0.15) is 5.10 Å². The maximum atomic E-state index is 12.8.